The monoisotopic (exact) mass is 252 g/mol. The zero-order valence-electron chi connectivity index (χ0n) is 10.6. The van der Waals surface area contributed by atoms with Crippen LogP contribution in [0.2, 0.25) is 0 Å². The predicted octanol–water partition coefficient (Wildman–Crippen LogP) is 3.32. The SMILES string of the molecule is O=C(NC1CC1)c1cccc(Nc2ccccc2)c1. The van der Waals surface area contributed by atoms with Gasteiger partial charge in [-0.1, -0.05) is 24.3 Å². The van der Waals surface area contributed by atoms with Gasteiger partial charge < -0.3 is 10.6 Å². The van der Waals surface area contributed by atoms with Crippen molar-refractivity contribution in [2.45, 2.75) is 18.9 Å². The Morgan fingerprint density at radius 1 is 0.947 bits per heavy atom. The number of nitrogens with one attached hydrogen (secondary N) is 2. The zero-order valence-corrected chi connectivity index (χ0v) is 10.6. The molecule has 0 saturated heterocycles. The number of hydrogen-bond acceptors (Lipinski definition) is 2. The molecule has 0 aliphatic heterocycles. The maximum atomic E-state index is 12.0. The molecule has 1 fully saturated rings. The quantitative estimate of drug-likeness (QED) is 0.876. The van der Waals surface area contributed by atoms with Crippen LogP contribution in [-0.4, -0.2) is 11.9 Å². The Labute approximate surface area is 112 Å². The summed E-state index contributed by atoms with van der Waals surface area (Å²) in [6, 6.07) is 17.9. The number of anilines is 2. The van der Waals surface area contributed by atoms with Gasteiger partial charge in [0.15, 0.2) is 0 Å². The van der Waals surface area contributed by atoms with Gasteiger partial charge in [0.05, 0.1) is 0 Å². The maximum Gasteiger partial charge on any atom is 0.251 e. The molecule has 1 amide bonds. The summed E-state index contributed by atoms with van der Waals surface area (Å²) in [5, 5.41) is 6.28. The van der Waals surface area contributed by atoms with Crippen LogP contribution >= 0.6 is 0 Å². The van der Waals surface area contributed by atoms with Gasteiger partial charge in [-0.15, -0.1) is 0 Å². The number of carbonyl (C=O) groups is 1. The number of benzene rings is 2. The van der Waals surface area contributed by atoms with Crippen molar-refractivity contribution in [1.82, 2.24) is 5.32 Å². The lowest BCUT2D eigenvalue weighted by molar-refractivity contribution is 0.0951. The summed E-state index contributed by atoms with van der Waals surface area (Å²) >= 11 is 0. The molecular formula is C16H16N2O. The number of para-hydroxylation sites is 1. The third-order valence-electron chi connectivity index (χ3n) is 3.10. The highest BCUT2D eigenvalue weighted by Crippen LogP contribution is 2.21. The van der Waals surface area contributed by atoms with Crippen LogP contribution in [0.5, 0.6) is 0 Å². The molecule has 19 heavy (non-hydrogen) atoms. The Morgan fingerprint density at radius 2 is 1.68 bits per heavy atom. The molecule has 96 valence electrons. The zero-order chi connectivity index (χ0) is 13.1. The van der Waals surface area contributed by atoms with Crippen LogP contribution in [0, 0.1) is 0 Å². The Hall–Kier alpha value is -2.29. The topological polar surface area (TPSA) is 41.1 Å². The van der Waals surface area contributed by atoms with Crippen molar-refractivity contribution >= 4 is 17.3 Å². The summed E-state index contributed by atoms with van der Waals surface area (Å²) < 4.78 is 0. The minimum Gasteiger partial charge on any atom is -0.356 e. The summed E-state index contributed by atoms with van der Waals surface area (Å²) in [4.78, 5) is 12.0. The molecule has 3 heteroatoms. The smallest absolute Gasteiger partial charge is 0.251 e. The van der Waals surface area contributed by atoms with E-state index in [1.165, 1.54) is 0 Å². The molecule has 0 radical (unpaired) electrons. The van der Waals surface area contributed by atoms with Crippen molar-refractivity contribution in [3.8, 4) is 0 Å². The summed E-state index contributed by atoms with van der Waals surface area (Å²) in [5.41, 5.74) is 2.64. The second-order valence-electron chi connectivity index (χ2n) is 4.82. The van der Waals surface area contributed by atoms with E-state index in [4.69, 9.17) is 0 Å². The standard InChI is InChI=1S/C16H16N2O/c19-16(18-14-9-10-14)12-5-4-8-15(11-12)17-13-6-2-1-3-7-13/h1-8,11,14,17H,9-10H2,(H,18,19). The molecule has 3 nitrogen and oxygen atoms in total. The lowest BCUT2D eigenvalue weighted by Gasteiger charge is -2.08. The molecule has 0 atom stereocenters. The molecule has 0 heterocycles. The van der Waals surface area contributed by atoms with E-state index in [1.54, 1.807) is 0 Å². The van der Waals surface area contributed by atoms with E-state index < -0.39 is 0 Å². The number of carbonyl (C=O) groups excluding carboxylic acids is 1. The van der Waals surface area contributed by atoms with Crippen molar-refractivity contribution in [2.75, 3.05) is 5.32 Å². The highest BCUT2D eigenvalue weighted by atomic mass is 16.1. The van der Waals surface area contributed by atoms with Gasteiger partial charge >= 0.3 is 0 Å². The molecule has 3 rings (SSSR count). The average Bonchev–Trinajstić information content (AvgIpc) is 3.24. The third-order valence-corrected chi connectivity index (χ3v) is 3.10. The van der Waals surface area contributed by atoms with E-state index in [9.17, 15) is 4.79 Å². The normalized spacial score (nSPS) is 13.9. The molecule has 2 aromatic rings. The summed E-state index contributed by atoms with van der Waals surface area (Å²) in [6.07, 6.45) is 2.21. The molecule has 1 aliphatic rings. The summed E-state index contributed by atoms with van der Waals surface area (Å²) in [5.74, 6) is 0.0132. The van der Waals surface area contributed by atoms with Crippen LogP contribution in [0.1, 0.15) is 23.2 Å². The second-order valence-corrected chi connectivity index (χ2v) is 4.82. The van der Waals surface area contributed by atoms with Crippen LogP contribution in [-0.2, 0) is 0 Å². The van der Waals surface area contributed by atoms with Gasteiger partial charge in [0, 0.05) is 23.0 Å². The first kappa shape index (κ1) is 11.8. The van der Waals surface area contributed by atoms with Crippen molar-refractivity contribution in [2.24, 2.45) is 0 Å². The van der Waals surface area contributed by atoms with Crippen LogP contribution in [0.4, 0.5) is 11.4 Å². The fourth-order valence-corrected chi connectivity index (χ4v) is 1.92. The van der Waals surface area contributed by atoms with E-state index in [0.717, 1.165) is 24.2 Å². The second kappa shape index (κ2) is 5.14. The Morgan fingerprint density at radius 3 is 2.42 bits per heavy atom. The number of rotatable bonds is 4. The first-order chi connectivity index (χ1) is 9.31. The minimum absolute atomic E-state index is 0.0132. The Kier molecular flexibility index (Phi) is 3.19. The third kappa shape index (κ3) is 3.13. The molecule has 2 aromatic carbocycles. The van der Waals surface area contributed by atoms with E-state index in [-0.39, 0.29) is 5.91 Å². The van der Waals surface area contributed by atoms with Crippen LogP contribution in [0.15, 0.2) is 54.6 Å². The van der Waals surface area contributed by atoms with Gasteiger partial charge in [0.1, 0.15) is 0 Å². The average molecular weight is 252 g/mol. The predicted molar refractivity (Wildman–Crippen MR) is 76.7 cm³/mol. The van der Waals surface area contributed by atoms with Gasteiger partial charge in [-0.3, -0.25) is 4.79 Å². The van der Waals surface area contributed by atoms with Crippen molar-refractivity contribution in [1.29, 1.82) is 0 Å². The fourth-order valence-electron chi connectivity index (χ4n) is 1.92. The van der Waals surface area contributed by atoms with E-state index in [2.05, 4.69) is 10.6 Å². The largest absolute Gasteiger partial charge is 0.356 e. The van der Waals surface area contributed by atoms with Crippen LogP contribution in [0.25, 0.3) is 0 Å². The Balaban J connectivity index is 1.73. The van der Waals surface area contributed by atoms with Gasteiger partial charge in [0.25, 0.3) is 5.91 Å². The lowest BCUT2D eigenvalue weighted by atomic mass is 10.2. The first-order valence-corrected chi connectivity index (χ1v) is 6.54. The van der Waals surface area contributed by atoms with E-state index >= 15 is 0 Å². The summed E-state index contributed by atoms with van der Waals surface area (Å²) in [7, 11) is 0. The molecule has 0 bridgehead atoms. The van der Waals surface area contributed by atoms with Gasteiger partial charge in [-0.05, 0) is 43.2 Å². The fraction of sp³-hybridized carbons (Fsp3) is 0.188. The van der Waals surface area contributed by atoms with Gasteiger partial charge in [0.2, 0.25) is 0 Å². The van der Waals surface area contributed by atoms with E-state index in [0.29, 0.717) is 11.6 Å². The molecule has 1 saturated carbocycles. The minimum atomic E-state index is 0.0132. The highest BCUT2D eigenvalue weighted by molar-refractivity contribution is 5.95. The molecule has 0 unspecified atom stereocenters. The molecule has 0 spiro atoms. The van der Waals surface area contributed by atoms with Crippen molar-refractivity contribution in [3.05, 3.63) is 60.2 Å². The van der Waals surface area contributed by atoms with Gasteiger partial charge in [-0.25, -0.2) is 0 Å². The molecular weight excluding hydrogens is 236 g/mol. The first-order valence-electron chi connectivity index (χ1n) is 6.54. The maximum absolute atomic E-state index is 12.0. The van der Waals surface area contributed by atoms with Crippen molar-refractivity contribution in [3.63, 3.8) is 0 Å². The number of amides is 1. The summed E-state index contributed by atoms with van der Waals surface area (Å²) in [6.45, 7) is 0. The van der Waals surface area contributed by atoms with E-state index in [1.807, 2.05) is 54.6 Å². The number of hydrogen-bond donors (Lipinski definition) is 2. The van der Waals surface area contributed by atoms with Crippen molar-refractivity contribution < 1.29 is 4.79 Å². The van der Waals surface area contributed by atoms with Crippen LogP contribution in [0.3, 0.4) is 0 Å². The van der Waals surface area contributed by atoms with Crippen LogP contribution < -0.4 is 10.6 Å². The molecule has 0 aromatic heterocycles. The molecule has 1 aliphatic carbocycles. The van der Waals surface area contributed by atoms with Gasteiger partial charge in [-0.2, -0.15) is 0 Å². The lowest BCUT2D eigenvalue weighted by Crippen LogP contribution is -2.25. The Bertz CT molecular complexity index is 576. The molecule has 2 N–H and O–H groups in total. The highest BCUT2D eigenvalue weighted by Gasteiger charge is 2.23.